The maximum atomic E-state index is 13.5. The Balaban J connectivity index is 1.04. The Bertz CT molecular complexity index is 2900. The van der Waals surface area contributed by atoms with Crippen LogP contribution in [0, 0.1) is 0 Å². The van der Waals surface area contributed by atoms with E-state index >= 15 is 0 Å². The van der Waals surface area contributed by atoms with Crippen LogP contribution in [0.15, 0.2) is 148 Å². The largest absolute Gasteiger partial charge is 0.497 e. The summed E-state index contributed by atoms with van der Waals surface area (Å²) in [6.45, 7) is 12.7. The summed E-state index contributed by atoms with van der Waals surface area (Å²) in [7, 11) is -0.794. The summed E-state index contributed by atoms with van der Waals surface area (Å²) in [5.74, 6) is 1.08. The van der Waals surface area contributed by atoms with Crippen molar-refractivity contribution in [2.24, 2.45) is 0 Å². The highest BCUT2D eigenvalue weighted by Crippen LogP contribution is 2.47. The summed E-state index contributed by atoms with van der Waals surface area (Å²) in [4.78, 5) is 58.2. The summed E-state index contributed by atoms with van der Waals surface area (Å²) in [6.07, 6.45) is -0.484. The molecule has 2 saturated heterocycles. The standard InChI is InChI=1S/C53H62N5O12PSi/c1-52(2,3)72(7,8)70-42-32-48(57-29-27-45(55-50(57)61)54-49(60)35-15-11-9-12-16-35)68-44(42)34-66-71(6)69-41-31-47(58-30-28-46(59)56-51(58)62)67-43(41)33-65-53(36-17-13-10-14-18-36,37-19-23-39(63-4)24-20-37)38-21-25-40(64-5)26-22-38/h9-30,41-44,47-48H,31-34H2,1-8H3,(H,56,59,62)(H,54,55,60,61)/t41-,42-,43+,44+,47+,48+,71?/m0/s1. The predicted molar refractivity (Wildman–Crippen MR) is 275 cm³/mol. The van der Waals surface area contributed by atoms with Crippen molar-refractivity contribution >= 4 is 28.4 Å². The topological polar surface area (TPSA) is 193 Å². The average Bonchev–Trinajstić information content (AvgIpc) is 3.96. The van der Waals surface area contributed by atoms with Gasteiger partial charge in [0.2, 0.25) is 0 Å². The van der Waals surface area contributed by atoms with E-state index in [-0.39, 0.29) is 36.4 Å². The van der Waals surface area contributed by atoms with Crippen molar-refractivity contribution in [2.45, 2.75) is 94.2 Å². The van der Waals surface area contributed by atoms with Gasteiger partial charge < -0.3 is 42.5 Å². The molecule has 0 spiro atoms. The molecule has 4 aromatic carbocycles. The number of H-pyrrole nitrogens is 1. The van der Waals surface area contributed by atoms with E-state index in [4.69, 9.17) is 37.2 Å². The highest BCUT2D eigenvalue weighted by atomic mass is 31.2. The van der Waals surface area contributed by atoms with Gasteiger partial charge >= 0.3 is 11.4 Å². The number of rotatable bonds is 19. The lowest BCUT2D eigenvalue weighted by atomic mass is 9.80. The molecule has 0 aliphatic carbocycles. The Morgan fingerprint density at radius 1 is 0.736 bits per heavy atom. The molecule has 380 valence electrons. The van der Waals surface area contributed by atoms with Gasteiger partial charge in [0, 0.05) is 43.5 Å². The summed E-state index contributed by atoms with van der Waals surface area (Å²) in [5, 5.41) is 2.57. The minimum Gasteiger partial charge on any atom is -0.497 e. The maximum Gasteiger partial charge on any atom is 0.351 e. The molecule has 2 aliphatic heterocycles. The van der Waals surface area contributed by atoms with E-state index in [2.05, 4.69) is 49.1 Å². The highest BCUT2D eigenvalue weighted by molar-refractivity contribution is 7.46. The van der Waals surface area contributed by atoms with Gasteiger partial charge in [-0.1, -0.05) is 93.6 Å². The number of anilines is 1. The second-order valence-corrected chi connectivity index (χ2v) is 25.3. The van der Waals surface area contributed by atoms with Crippen molar-refractivity contribution in [3.05, 3.63) is 187 Å². The van der Waals surface area contributed by atoms with Crippen LogP contribution in [0.1, 0.15) is 73.1 Å². The first-order valence-corrected chi connectivity index (χ1v) is 28.3. The number of carbonyl (C=O) groups is 1. The Hall–Kier alpha value is -6.08. The molecule has 2 N–H and O–H groups in total. The van der Waals surface area contributed by atoms with Crippen molar-refractivity contribution in [1.82, 2.24) is 19.1 Å². The molecular weight excluding hydrogens is 958 g/mol. The molecule has 0 radical (unpaired) electrons. The number of hydrogen-bond acceptors (Lipinski definition) is 13. The third kappa shape index (κ3) is 11.7. The molecule has 8 rings (SSSR count). The average molecular weight is 1020 g/mol. The smallest absolute Gasteiger partial charge is 0.351 e. The zero-order valence-corrected chi connectivity index (χ0v) is 43.6. The monoisotopic (exact) mass is 1020 g/mol. The van der Waals surface area contributed by atoms with E-state index in [0.717, 1.165) is 16.7 Å². The van der Waals surface area contributed by atoms with Crippen LogP contribution < -0.4 is 31.7 Å². The van der Waals surface area contributed by atoms with Gasteiger partial charge in [-0.15, -0.1) is 0 Å². The molecule has 2 fully saturated rings. The van der Waals surface area contributed by atoms with Gasteiger partial charge in [0.05, 0.1) is 39.6 Å². The number of nitrogens with zero attached hydrogens (tertiary/aromatic N) is 3. The predicted octanol–water partition coefficient (Wildman–Crippen LogP) is 8.38. The molecule has 0 saturated carbocycles. The van der Waals surface area contributed by atoms with E-state index < -0.39 is 76.1 Å². The number of ether oxygens (including phenoxy) is 5. The van der Waals surface area contributed by atoms with Gasteiger partial charge in [-0.25, -0.2) is 9.59 Å². The van der Waals surface area contributed by atoms with E-state index in [0.29, 0.717) is 23.5 Å². The van der Waals surface area contributed by atoms with Gasteiger partial charge in [0.15, 0.2) is 16.7 Å². The van der Waals surface area contributed by atoms with Crippen molar-refractivity contribution < 1.29 is 42.0 Å². The molecule has 1 unspecified atom stereocenters. The van der Waals surface area contributed by atoms with E-state index in [9.17, 15) is 19.2 Å². The van der Waals surface area contributed by atoms with E-state index in [1.807, 2.05) is 91.6 Å². The SMILES string of the molecule is COc1ccc(C(OC[C@H]2O[C@@H](n3ccc(=O)[nH]c3=O)C[C@@H]2OP(C)OC[C@H]2O[C@@H](n3ccc(NC(=O)c4ccccc4)nc3=O)C[C@@H]2O[Si](C)(C)C(C)(C)C)(c2ccccc2)c2ccc(OC)cc2)cc1. The molecule has 2 aromatic heterocycles. The normalized spacial score (nSPS) is 20.8. The number of carbonyl (C=O) groups excluding carboxylic acids is 1. The summed E-state index contributed by atoms with van der Waals surface area (Å²) in [5.41, 5.74) is -0.0214. The van der Waals surface area contributed by atoms with Gasteiger partial charge in [0.1, 0.15) is 47.6 Å². The van der Waals surface area contributed by atoms with Crippen LogP contribution in [0.2, 0.25) is 18.1 Å². The number of benzene rings is 4. The molecule has 7 atom stereocenters. The zero-order valence-electron chi connectivity index (χ0n) is 41.7. The number of aromatic amines is 1. The highest BCUT2D eigenvalue weighted by Gasteiger charge is 2.47. The second-order valence-electron chi connectivity index (χ2n) is 19.2. The summed E-state index contributed by atoms with van der Waals surface area (Å²) < 4.78 is 54.6. The van der Waals surface area contributed by atoms with Crippen LogP contribution in [0.3, 0.4) is 0 Å². The lowest BCUT2D eigenvalue weighted by Gasteiger charge is -2.39. The van der Waals surface area contributed by atoms with Crippen LogP contribution >= 0.6 is 8.38 Å². The fraction of sp³-hybridized carbons (Fsp3) is 0.377. The number of aromatic nitrogens is 4. The van der Waals surface area contributed by atoms with Gasteiger partial charge in [-0.3, -0.25) is 23.7 Å². The Morgan fingerprint density at radius 3 is 1.85 bits per heavy atom. The van der Waals surface area contributed by atoms with Crippen LogP contribution in [0.5, 0.6) is 11.5 Å². The molecule has 72 heavy (non-hydrogen) atoms. The van der Waals surface area contributed by atoms with E-state index in [1.165, 1.54) is 21.4 Å². The molecule has 4 heterocycles. The Labute approximate surface area is 420 Å². The first-order valence-electron chi connectivity index (χ1n) is 23.8. The number of methoxy groups -OCH3 is 2. The minimum atomic E-state index is -2.37. The van der Waals surface area contributed by atoms with Crippen LogP contribution in [-0.4, -0.2) is 91.8 Å². The van der Waals surface area contributed by atoms with Crippen molar-refractivity contribution in [2.75, 3.05) is 39.4 Å². The first kappa shape index (κ1) is 52.2. The molecule has 19 heteroatoms. The summed E-state index contributed by atoms with van der Waals surface area (Å²) >= 11 is 0. The quantitative estimate of drug-likeness (QED) is 0.0447. The zero-order chi connectivity index (χ0) is 51.2. The molecule has 1 amide bonds. The van der Waals surface area contributed by atoms with Crippen LogP contribution in [-0.2, 0) is 33.3 Å². The van der Waals surface area contributed by atoms with Gasteiger partial charge in [-0.05, 0) is 77.3 Å². The number of hydrogen-bond donors (Lipinski definition) is 2. The minimum absolute atomic E-state index is 0.0112. The van der Waals surface area contributed by atoms with Gasteiger partial charge in [-0.2, -0.15) is 4.98 Å². The third-order valence-electron chi connectivity index (χ3n) is 13.5. The fourth-order valence-electron chi connectivity index (χ4n) is 8.65. The van der Waals surface area contributed by atoms with Crippen LogP contribution in [0.25, 0.3) is 0 Å². The Kier molecular flexibility index (Phi) is 16.2. The summed E-state index contributed by atoms with van der Waals surface area (Å²) in [6, 6.07) is 36.8. The lowest BCUT2D eigenvalue weighted by Crippen LogP contribution is -2.46. The number of nitrogens with one attached hydrogen (secondary N) is 2. The first-order chi connectivity index (χ1) is 34.5. The van der Waals surface area contributed by atoms with E-state index in [1.54, 1.807) is 50.7 Å². The molecule has 2 aliphatic rings. The van der Waals surface area contributed by atoms with Crippen LogP contribution in [0.4, 0.5) is 5.82 Å². The molecular formula is C53H62N5O12PSi. The van der Waals surface area contributed by atoms with Crippen molar-refractivity contribution in [1.29, 1.82) is 0 Å². The van der Waals surface area contributed by atoms with Crippen molar-refractivity contribution in [3.8, 4) is 11.5 Å². The number of amides is 1. The fourth-order valence-corrected chi connectivity index (χ4v) is 11.0. The van der Waals surface area contributed by atoms with Gasteiger partial charge in [0.25, 0.3) is 11.5 Å². The lowest BCUT2D eigenvalue weighted by molar-refractivity contribution is -0.0921. The molecule has 17 nitrogen and oxygen atoms in total. The van der Waals surface area contributed by atoms with Crippen molar-refractivity contribution in [3.63, 3.8) is 0 Å². The second kappa shape index (κ2) is 22.4. The third-order valence-corrected chi connectivity index (χ3v) is 19.1. The molecule has 6 aromatic rings. The Morgan fingerprint density at radius 2 is 1.28 bits per heavy atom. The molecule has 0 bridgehead atoms. The maximum absolute atomic E-state index is 13.5.